The van der Waals surface area contributed by atoms with Crippen molar-refractivity contribution in [1.29, 1.82) is 0 Å². The van der Waals surface area contributed by atoms with Crippen molar-refractivity contribution < 1.29 is 13.6 Å². The van der Waals surface area contributed by atoms with E-state index in [4.69, 9.17) is 5.73 Å². The summed E-state index contributed by atoms with van der Waals surface area (Å²) in [6.45, 7) is 1.77. The number of hydrogen-bond donors (Lipinski definition) is 2. The molecule has 0 saturated carbocycles. The summed E-state index contributed by atoms with van der Waals surface area (Å²) in [5, 5.41) is 2.51. The normalized spacial score (nSPS) is 10.3. The summed E-state index contributed by atoms with van der Waals surface area (Å²) in [5.74, 6) is -2.94. The molecule has 19 heavy (non-hydrogen) atoms. The first-order chi connectivity index (χ1) is 8.99. The van der Waals surface area contributed by atoms with Gasteiger partial charge in [-0.2, -0.15) is 0 Å². The molecule has 1 amide bonds. The summed E-state index contributed by atoms with van der Waals surface area (Å²) < 4.78 is 26.5. The number of aryl methyl sites for hydroxylation is 1. The highest BCUT2D eigenvalue weighted by molar-refractivity contribution is 6.05. The van der Waals surface area contributed by atoms with Crippen LogP contribution in [0.5, 0.6) is 0 Å². The molecule has 3 nitrogen and oxygen atoms in total. The van der Waals surface area contributed by atoms with Crippen LogP contribution in [0.1, 0.15) is 15.9 Å². The monoisotopic (exact) mass is 262 g/mol. The van der Waals surface area contributed by atoms with Crippen molar-refractivity contribution in [2.45, 2.75) is 6.92 Å². The average Bonchev–Trinajstić information content (AvgIpc) is 2.37. The van der Waals surface area contributed by atoms with Crippen molar-refractivity contribution in [1.82, 2.24) is 0 Å². The number of carbonyl (C=O) groups excluding carboxylic acids is 1. The Labute approximate surface area is 109 Å². The highest BCUT2D eigenvalue weighted by atomic mass is 19.2. The van der Waals surface area contributed by atoms with Crippen molar-refractivity contribution >= 4 is 17.3 Å². The molecule has 0 aliphatic heterocycles. The number of amides is 1. The van der Waals surface area contributed by atoms with Gasteiger partial charge in [0.15, 0.2) is 11.6 Å². The van der Waals surface area contributed by atoms with E-state index in [0.29, 0.717) is 11.4 Å². The molecule has 0 heterocycles. The quantitative estimate of drug-likeness (QED) is 0.817. The number of halogens is 2. The first-order valence-corrected chi connectivity index (χ1v) is 5.60. The second-order valence-electron chi connectivity index (χ2n) is 4.13. The summed E-state index contributed by atoms with van der Waals surface area (Å²) in [5.41, 5.74) is 6.98. The molecule has 98 valence electrons. The Morgan fingerprint density at radius 2 is 1.95 bits per heavy atom. The lowest BCUT2D eigenvalue weighted by Gasteiger charge is -2.10. The van der Waals surface area contributed by atoms with Crippen LogP contribution in [0, 0.1) is 18.6 Å². The van der Waals surface area contributed by atoms with Crippen LogP contribution in [0.4, 0.5) is 20.2 Å². The minimum atomic E-state index is -1.17. The van der Waals surface area contributed by atoms with Gasteiger partial charge < -0.3 is 11.1 Å². The number of hydrogen-bond acceptors (Lipinski definition) is 2. The molecule has 0 fully saturated rings. The molecular weight excluding hydrogens is 250 g/mol. The second-order valence-corrected chi connectivity index (χ2v) is 4.13. The predicted octanol–water partition coefficient (Wildman–Crippen LogP) is 3.11. The van der Waals surface area contributed by atoms with E-state index >= 15 is 0 Å². The van der Waals surface area contributed by atoms with Crippen LogP contribution < -0.4 is 11.1 Å². The van der Waals surface area contributed by atoms with Gasteiger partial charge in [-0.1, -0.05) is 12.1 Å². The van der Waals surface area contributed by atoms with E-state index in [-0.39, 0.29) is 5.56 Å². The molecule has 0 atom stereocenters. The lowest BCUT2D eigenvalue weighted by atomic mass is 10.1. The standard InChI is InChI=1S/C14H12F2N2O/c1-8-5-6-9(17)7-12(8)18-14(19)10-3-2-4-11(15)13(10)16/h2-7H,17H2,1H3,(H,18,19). The fourth-order valence-electron chi connectivity index (χ4n) is 1.64. The van der Waals surface area contributed by atoms with Crippen molar-refractivity contribution in [3.05, 3.63) is 59.2 Å². The largest absolute Gasteiger partial charge is 0.399 e. The molecular formula is C14H12F2N2O. The molecule has 0 unspecified atom stereocenters. The highest BCUT2D eigenvalue weighted by Gasteiger charge is 2.15. The van der Waals surface area contributed by atoms with Crippen LogP contribution in [-0.4, -0.2) is 5.91 Å². The van der Waals surface area contributed by atoms with E-state index in [1.165, 1.54) is 12.1 Å². The van der Waals surface area contributed by atoms with Gasteiger partial charge in [0, 0.05) is 11.4 Å². The van der Waals surface area contributed by atoms with Crippen LogP contribution in [-0.2, 0) is 0 Å². The number of carbonyl (C=O) groups is 1. The summed E-state index contributed by atoms with van der Waals surface area (Å²) in [6.07, 6.45) is 0. The van der Waals surface area contributed by atoms with Gasteiger partial charge in [-0.15, -0.1) is 0 Å². The van der Waals surface area contributed by atoms with Gasteiger partial charge in [-0.3, -0.25) is 4.79 Å². The Morgan fingerprint density at radius 3 is 2.68 bits per heavy atom. The summed E-state index contributed by atoms with van der Waals surface area (Å²) in [7, 11) is 0. The predicted molar refractivity (Wildman–Crippen MR) is 69.9 cm³/mol. The maximum Gasteiger partial charge on any atom is 0.258 e. The zero-order valence-electron chi connectivity index (χ0n) is 10.2. The van der Waals surface area contributed by atoms with Gasteiger partial charge in [-0.05, 0) is 36.8 Å². The lowest BCUT2D eigenvalue weighted by molar-refractivity contribution is 0.102. The average molecular weight is 262 g/mol. The maximum absolute atomic E-state index is 13.5. The Kier molecular flexibility index (Phi) is 3.46. The minimum Gasteiger partial charge on any atom is -0.399 e. The lowest BCUT2D eigenvalue weighted by Crippen LogP contribution is -2.15. The van der Waals surface area contributed by atoms with Crippen molar-refractivity contribution in [3.63, 3.8) is 0 Å². The van der Waals surface area contributed by atoms with E-state index < -0.39 is 17.5 Å². The third-order valence-corrected chi connectivity index (χ3v) is 2.71. The van der Waals surface area contributed by atoms with Gasteiger partial charge in [0.1, 0.15) is 0 Å². The number of rotatable bonds is 2. The number of anilines is 2. The Balaban J connectivity index is 2.31. The molecule has 0 spiro atoms. The Hall–Kier alpha value is -2.43. The van der Waals surface area contributed by atoms with Crippen LogP contribution >= 0.6 is 0 Å². The zero-order valence-corrected chi connectivity index (χ0v) is 10.2. The number of nitrogens with one attached hydrogen (secondary N) is 1. The van der Waals surface area contributed by atoms with Crippen molar-refractivity contribution in [2.24, 2.45) is 0 Å². The number of nitrogen functional groups attached to an aromatic ring is 1. The SMILES string of the molecule is Cc1ccc(N)cc1NC(=O)c1cccc(F)c1F. The Bertz CT molecular complexity index is 641. The van der Waals surface area contributed by atoms with Gasteiger partial charge >= 0.3 is 0 Å². The smallest absolute Gasteiger partial charge is 0.258 e. The third-order valence-electron chi connectivity index (χ3n) is 2.71. The molecule has 2 rings (SSSR count). The van der Waals surface area contributed by atoms with E-state index in [1.54, 1.807) is 25.1 Å². The molecule has 0 saturated heterocycles. The Morgan fingerprint density at radius 1 is 1.21 bits per heavy atom. The summed E-state index contributed by atoms with van der Waals surface area (Å²) >= 11 is 0. The molecule has 0 aliphatic carbocycles. The molecule has 3 N–H and O–H groups in total. The fraction of sp³-hybridized carbons (Fsp3) is 0.0714. The minimum absolute atomic E-state index is 0.346. The third kappa shape index (κ3) is 2.70. The molecule has 0 aliphatic rings. The van der Waals surface area contributed by atoms with Gasteiger partial charge in [0.2, 0.25) is 0 Å². The zero-order chi connectivity index (χ0) is 14.0. The molecule has 5 heteroatoms. The summed E-state index contributed by atoms with van der Waals surface area (Å²) in [4.78, 5) is 11.9. The molecule has 0 radical (unpaired) electrons. The van der Waals surface area contributed by atoms with Crippen LogP contribution in [0.15, 0.2) is 36.4 Å². The van der Waals surface area contributed by atoms with E-state index in [1.807, 2.05) is 0 Å². The van der Waals surface area contributed by atoms with E-state index in [2.05, 4.69) is 5.32 Å². The van der Waals surface area contributed by atoms with Gasteiger partial charge in [0.25, 0.3) is 5.91 Å². The molecule has 0 aromatic heterocycles. The van der Waals surface area contributed by atoms with Crippen LogP contribution in [0.3, 0.4) is 0 Å². The van der Waals surface area contributed by atoms with Crippen molar-refractivity contribution in [2.75, 3.05) is 11.1 Å². The van der Waals surface area contributed by atoms with E-state index in [9.17, 15) is 13.6 Å². The van der Waals surface area contributed by atoms with Crippen LogP contribution in [0.2, 0.25) is 0 Å². The van der Waals surface area contributed by atoms with E-state index in [0.717, 1.165) is 11.6 Å². The molecule has 2 aromatic carbocycles. The first kappa shape index (κ1) is 13.0. The highest BCUT2D eigenvalue weighted by Crippen LogP contribution is 2.20. The topological polar surface area (TPSA) is 55.1 Å². The number of nitrogens with two attached hydrogens (primary N) is 1. The van der Waals surface area contributed by atoms with Crippen molar-refractivity contribution in [3.8, 4) is 0 Å². The molecule has 2 aromatic rings. The molecule has 0 bridgehead atoms. The number of benzene rings is 2. The first-order valence-electron chi connectivity index (χ1n) is 5.60. The fourth-order valence-corrected chi connectivity index (χ4v) is 1.64. The maximum atomic E-state index is 13.5. The second kappa shape index (κ2) is 5.06. The van der Waals surface area contributed by atoms with Gasteiger partial charge in [0.05, 0.1) is 5.56 Å². The van der Waals surface area contributed by atoms with Gasteiger partial charge in [-0.25, -0.2) is 8.78 Å². The van der Waals surface area contributed by atoms with Crippen LogP contribution in [0.25, 0.3) is 0 Å². The summed E-state index contributed by atoms with van der Waals surface area (Å²) in [6, 6.07) is 8.43.